The van der Waals surface area contributed by atoms with Crippen LogP contribution in [0.25, 0.3) is 10.9 Å². The fourth-order valence-electron chi connectivity index (χ4n) is 4.98. The molecule has 2 N–H and O–H groups in total. The van der Waals surface area contributed by atoms with Crippen molar-refractivity contribution in [2.24, 2.45) is 0 Å². The summed E-state index contributed by atoms with van der Waals surface area (Å²) in [6, 6.07) is 6.84. The summed E-state index contributed by atoms with van der Waals surface area (Å²) in [6.45, 7) is 7.30. The summed E-state index contributed by atoms with van der Waals surface area (Å²) < 4.78 is 45.1. The van der Waals surface area contributed by atoms with Crippen molar-refractivity contribution >= 4 is 28.3 Å². The number of amides is 1. The highest BCUT2D eigenvalue weighted by Crippen LogP contribution is 2.46. The molecule has 0 spiro atoms. The van der Waals surface area contributed by atoms with E-state index in [9.17, 15) is 18.7 Å². The highest BCUT2D eigenvalue weighted by Gasteiger charge is 2.49. The zero-order chi connectivity index (χ0) is 27.1. The number of aromatic nitrogens is 2. The van der Waals surface area contributed by atoms with Crippen LogP contribution in [0.3, 0.4) is 0 Å². The first-order valence-corrected chi connectivity index (χ1v) is 12.4. The van der Waals surface area contributed by atoms with E-state index in [4.69, 9.17) is 9.97 Å². The molecule has 37 heavy (non-hydrogen) atoms. The Morgan fingerprint density at radius 1 is 1.19 bits per heavy atom. The normalized spacial score (nSPS) is 18.3. The van der Waals surface area contributed by atoms with E-state index in [0.717, 1.165) is 44.0 Å². The predicted octanol–water partition coefficient (Wildman–Crippen LogP) is 5.94. The molecule has 196 valence electrons. The van der Waals surface area contributed by atoms with Crippen LogP contribution in [0.2, 0.25) is 0 Å². The predicted molar refractivity (Wildman–Crippen MR) is 137 cm³/mol. The quantitative estimate of drug-likeness (QED) is 0.428. The molecule has 1 saturated carbocycles. The van der Waals surface area contributed by atoms with E-state index in [1.54, 1.807) is 18.9 Å². The molecule has 5 rings (SSSR count). The number of likely N-dealkylation sites (N-methyl/N-ethyl adjacent to an activating group) is 1. The summed E-state index contributed by atoms with van der Waals surface area (Å²) in [5.41, 5.74) is -1.73. The van der Waals surface area contributed by atoms with E-state index in [-0.39, 0.29) is 17.4 Å². The van der Waals surface area contributed by atoms with Gasteiger partial charge >= 0.3 is 5.92 Å². The van der Waals surface area contributed by atoms with E-state index in [0.29, 0.717) is 22.5 Å². The van der Waals surface area contributed by atoms with Gasteiger partial charge in [0.15, 0.2) is 0 Å². The number of carbonyl (C=O) groups excluding carboxylic acids is 1. The summed E-state index contributed by atoms with van der Waals surface area (Å²) in [5.74, 6) is -3.55. The van der Waals surface area contributed by atoms with Gasteiger partial charge in [0.05, 0.1) is 22.5 Å². The smallest absolute Gasteiger partial charge is 0.303 e. The monoisotopic (exact) mass is 512 g/mol. The summed E-state index contributed by atoms with van der Waals surface area (Å²) in [7, 11) is 1.74. The molecule has 2 heterocycles. The van der Waals surface area contributed by atoms with E-state index in [1.807, 2.05) is 26.0 Å². The fourth-order valence-corrected chi connectivity index (χ4v) is 4.98. The molecule has 2 aliphatic rings. The van der Waals surface area contributed by atoms with Crippen molar-refractivity contribution in [3.8, 4) is 0 Å². The molecule has 2 aromatic carbocycles. The Balaban J connectivity index is 1.60. The first-order valence-electron chi connectivity index (χ1n) is 12.4. The second-order valence-electron chi connectivity index (χ2n) is 11.3. The number of rotatable bonds is 6. The highest BCUT2D eigenvalue weighted by molar-refractivity contribution is 6.10. The van der Waals surface area contributed by atoms with Gasteiger partial charge in [-0.25, -0.2) is 14.4 Å². The Kier molecular flexibility index (Phi) is 5.60. The average molecular weight is 513 g/mol. The number of aliphatic hydroxyl groups is 1. The Morgan fingerprint density at radius 2 is 1.86 bits per heavy atom. The van der Waals surface area contributed by atoms with E-state index in [1.165, 1.54) is 12.1 Å². The molecule has 1 aliphatic heterocycles. The maximum absolute atomic E-state index is 15.4. The van der Waals surface area contributed by atoms with Crippen molar-refractivity contribution < 1.29 is 23.1 Å². The highest BCUT2D eigenvalue weighted by atomic mass is 19.3. The standard InChI is InChI=1S/C28H31F3N4O2/c1-14(16-8-7-9-18(22(16)29)28(30,31)27(4,5)37)32-24-17-12-19-21(35(6)25(36)26(19,2)3)13-20(17)33-23(34-24)15-10-11-15/h7-9,12-15,37H,10-11H2,1-6H3,(H,32,33,34)/t14-/m1/s1. The molecule has 0 bridgehead atoms. The second-order valence-corrected chi connectivity index (χ2v) is 11.3. The van der Waals surface area contributed by atoms with Gasteiger partial charge in [-0.2, -0.15) is 8.78 Å². The molecule has 0 unspecified atom stereocenters. The number of fused-ring (bicyclic) bond motifs is 2. The number of nitrogens with zero attached hydrogens (tertiary/aromatic N) is 3. The lowest BCUT2D eigenvalue weighted by molar-refractivity contribution is -0.170. The minimum Gasteiger partial charge on any atom is -0.384 e. The third-order valence-corrected chi connectivity index (χ3v) is 7.60. The molecule has 1 atom stereocenters. The Bertz CT molecular complexity index is 1430. The molecule has 0 radical (unpaired) electrons. The van der Waals surface area contributed by atoms with Crippen molar-refractivity contribution in [3.63, 3.8) is 0 Å². The van der Waals surface area contributed by atoms with Crippen LogP contribution in [0.4, 0.5) is 24.7 Å². The molecule has 0 saturated heterocycles. The topological polar surface area (TPSA) is 78.4 Å². The maximum Gasteiger partial charge on any atom is 0.303 e. The lowest BCUT2D eigenvalue weighted by Gasteiger charge is -2.30. The molecule has 1 fully saturated rings. The summed E-state index contributed by atoms with van der Waals surface area (Å²) >= 11 is 0. The Morgan fingerprint density at radius 3 is 2.49 bits per heavy atom. The van der Waals surface area contributed by atoms with Crippen LogP contribution in [-0.2, 0) is 16.1 Å². The van der Waals surface area contributed by atoms with Gasteiger partial charge in [0, 0.05) is 29.6 Å². The number of hydrogen-bond acceptors (Lipinski definition) is 5. The lowest BCUT2D eigenvalue weighted by atomic mass is 9.85. The minimum absolute atomic E-state index is 0.0253. The third kappa shape index (κ3) is 3.95. The number of hydrogen-bond donors (Lipinski definition) is 2. The Labute approximate surface area is 213 Å². The molecule has 6 nitrogen and oxygen atoms in total. The van der Waals surface area contributed by atoms with Crippen LogP contribution in [0.5, 0.6) is 0 Å². The van der Waals surface area contributed by atoms with Gasteiger partial charge in [-0.15, -0.1) is 0 Å². The molecule has 9 heteroatoms. The largest absolute Gasteiger partial charge is 0.384 e. The van der Waals surface area contributed by atoms with Gasteiger partial charge < -0.3 is 15.3 Å². The fraction of sp³-hybridized carbons (Fsp3) is 0.464. The van der Waals surface area contributed by atoms with Crippen molar-refractivity contribution in [2.75, 3.05) is 17.3 Å². The molecule has 3 aromatic rings. The molecular weight excluding hydrogens is 481 g/mol. The number of anilines is 2. The van der Waals surface area contributed by atoms with E-state index < -0.39 is 34.4 Å². The number of nitrogens with one attached hydrogen (secondary N) is 1. The molecular formula is C28H31F3N4O2. The zero-order valence-electron chi connectivity index (χ0n) is 21.8. The van der Waals surface area contributed by atoms with Crippen molar-refractivity contribution in [1.29, 1.82) is 0 Å². The number of halogens is 3. The first-order chi connectivity index (χ1) is 17.1. The van der Waals surface area contributed by atoms with Crippen molar-refractivity contribution in [2.45, 2.75) is 76.4 Å². The van der Waals surface area contributed by atoms with Crippen LogP contribution in [0.15, 0.2) is 30.3 Å². The van der Waals surface area contributed by atoms with Crippen molar-refractivity contribution in [1.82, 2.24) is 9.97 Å². The summed E-state index contributed by atoms with van der Waals surface area (Å²) in [5, 5.41) is 13.9. The minimum atomic E-state index is -3.79. The van der Waals surface area contributed by atoms with Gasteiger partial charge in [-0.3, -0.25) is 4.79 Å². The van der Waals surface area contributed by atoms with Gasteiger partial charge in [0.25, 0.3) is 0 Å². The number of carbonyl (C=O) groups is 1. The van der Waals surface area contributed by atoms with Gasteiger partial charge in [0.1, 0.15) is 23.1 Å². The first kappa shape index (κ1) is 25.4. The van der Waals surface area contributed by atoms with Crippen LogP contribution >= 0.6 is 0 Å². The number of alkyl halides is 2. The maximum atomic E-state index is 15.4. The lowest BCUT2D eigenvalue weighted by Crippen LogP contribution is -2.41. The van der Waals surface area contributed by atoms with E-state index in [2.05, 4.69) is 5.32 Å². The second kappa shape index (κ2) is 8.15. The van der Waals surface area contributed by atoms with Crippen LogP contribution in [-0.4, -0.2) is 33.6 Å². The third-order valence-electron chi connectivity index (χ3n) is 7.60. The zero-order valence-corrected chi connectivity index (χ0v) is 21.8. The summed E-state index contributed by atoms with van der Waals surface area (Å²) in [4.78, 5) is 24.0. The van der Waals surface area contributed by atoms with Crippen LogP contribution in [0, 0.1) is 5.82 Å². The van der Waals surface area contributed by atoms with Crippen LogP contribution in [0.1, 0.15) is 81.9 Å². The molecule has 1 amide bonds. The SMILES string of the molecule is C[C@@H](Nc1nc(C2CC2)nc2cc3c(cc12)C(C)(C)C(=O)N3C)c1cccc(C(F)(F)C(C)(C)O)c1F. The molecule has 1 aliphatic carbocycles. The Hall–Kier alpha value is -3.20. The average Bonchev–Trinajstić information content (AvgIpc) is 3.64. The molecule has 1 aromatic heterocycles. The number of benzene rings is 2. The van der Waals surface area contributed by atoms with Crippen LogP contribution < -0.4 is 10.2 Å². The van der Waals surface area contributed by atoms with E-state index >= 15 is 4.39 Å². The van der Waals surface area contributed by atoms with Gasteiger partial charge in [-0.1, -0.05) is 12.1 Å². The van der Waals surface area contributed by atoms with Crippen molar-refractivity contribution in [3.05, 3.63) is 58.7 Å². The van der Waals surface area contributed by atoms with Gasteiger partial charge in [-0.05, 0) is 71.2 Å². The van der Waals surface area contributed by atoms with Gasteiger partial charge in [0.2, 0.25) is 5.91 Å². The summed E-state index contributed by atoms with van der Waals surface area (Å²) in [6.07, 6.45) is 1.94.